The van der Waals surface area contributed by atoms with Gasteiger partial charge in [0, 0.05) is 35.9 Å². The van der Waals surface area contributed by atoms with Crippen LogP contribution in [0.4, 0.5) is 10.5 Å². The molecule has 0 atom stereocenters. The predicted molar refractivity (Wildman–Crippen MR) is 113 cm³/mol. The normalized spacial score (nSPS) is 12.6. The van der Waals surface area contributed by atoms with E-state index in [0.29, 0.717) is 54.4 Å². The van der Waals surface area contributed by atoms with Gasteiger partial charge in [0.15, 0.2) is 11.5 Å². The minimum absolute atomic E-state index is 0.0489. The van der Waals surface area contributed by atoms with Crippen molar-refractivity contribution in [2.75, 3.05) is 31.7 Å². The van der Waals surface area contributed by atoms with Gasteiger partial charge in [0.25, 0.3) is 5.56 Å². The first-order chi connectivity index (χ1) is 14.6. The quantitative estimate of drug-likeness (QED) is 0.581. The van der Waals surface area contributed by atoms with Crippen LogP contribution in [0.3, 0.4) is 0 Å². The van der Waals surface area contributed by atoms with Gasteiger partial charge >= 0.3 is 6.03 Å². The zero-order valence-corrected chi connectivity index (χ0v) is 16.4. The Morgan fingerprint density at radius 1 is 1.10 bits per heavy atom. The number of aromatic amines is 1. The number of para-hydroxylation sites is 1. The molecule has 2 aromatic carbocycles. The van der Waals surface area contributed by atoms with E-state index < -0.39 is 0 Å². The fourth-order valence-electron chi connectivity index (χ4n) is 3.35. The Hall–Kier alpha value is -3.52. The smallest absolute Gasteiger partial charge is 0.322 e. The van der Waals surface area contributed by atoms with Crippen LogP contribution in [-0.2, 0) is 6.54 Å². The fourth-order valence-corrected chi connectivity index (χ4v) is 3.35. The van der Waals surface area contributed by atoms with Gasteiger partial charge in [-0.15, -0.1) is 0 Å². The van der Waals surface area contributed by atoms with Gasteiger partial charge in [0.2, 0.25) is 0 Å². The second-order valence-electron chi connectivity index (χ2n) is 7.00. The molecular formula is C22H23N3O5. The van der Waals surface area contributed by atoms with E-state index in [1.54, 1.807) is 24.3 Å². The van der Waals surface area contributed by atoms with Crippen LogP contribution in [0.1, 0.15) is 12.0 Å². The van der Waals surface area contributed by atoms with E-state index in [2.05, 4.69) is 10.3 Å². The first kappa shape index (κ1) is 19.8. The highest BCUT2D eigenvalue weighted by atomic mass is 16.6. The summed E-state index contributed by atoms with van der Waals surface area (Å²) in [6.45, 7) is 1.32. The molecule has 8 heteroatoms. The summed E-state index contributed by atoms with van der Waals surface area (Å²) in [4.78, 5) is 29.8. The lowest BCUT2D eigenvalue weighted by Gasteiger charge is -2.23. The molecule has 0 radical (unpaired) electrons. The van der Waals surface area contributed by atoms with Crippen LogP contribution in [0.5, 0.6) is 11.5 Å². The van der Waals surface area contributed by atoms with Crippen molar-refractivity contribution in [2.24, 2.45) is 0 Å². The summed E-state index contributed by atoms with van der Waals surface area (Å²) in [5.41, 5.74) is 1.47. The summed E-state index contributed by atoms with van der Waals surface area (Å²) < 4.78 is 11.2. The third-order valence-electron chi connectivity index (χ3n) is 4.84. The summed E-state index contributed by atoms with van der Waals surface area (Å²) in [5, 5.41) is 12.8. The molecule has 1 aromatic heterocycles. The van der Waals surface area contributed by atoms with Gasteiger partial charge in [-0.25, -0.2) is 4.79 Å². The molecule has 2 heterocycles. The molecule has 30 heavy (non-hydrogen) atoms. The van der Waals surface area contributed by atoms with Crippen molar-refractivity contribution >= 4 is 22.6 Å². The van der Waals surface area contributed by atoms with Crippen LogP contribution in [0.15, 0.2) is 53.3 Å². The third-order valence-corrected chi connectivity index (χ3v) is 4.84. The monoisotopic (exact) mass is 409 g/mol. The van der Waals surface area contributed by atoms with Crippen LogP contribution < -0.4 is 20.3 Å². The molecule has 1 aliphatic heterocycles. The van der Waals surface area contributed by atoms with E-state index in [1.807, 2.05) is 24.3 Å². The van der Waals surface area contributed by atoms with Gasteiger partial charge in [0.05, 0.1) is 12.1 Å². The molecule has 4 rings (SSSR count). The number of pyridine rings is 1. The van der Waals surface area contributed by atoms with E-state index in [1.165, 1.54) is 4.90 Å². The molecule has 0 spiro atoms. The van der Waals surface area contributed by atoms with Crippen molar-refractivity contribution in [1.29, 1.82) is 0 Å². The average molecular weight is 409 g/mol. The SMILES string of the molecule is O=C(Nc1ccccc1)N(CCCO)Cc1cc2cc3c(cc2[nH]c1=O)OCCO3. The lowest BCUT2D eigenvalue weighted by atomic mass is 10.1. The highest BCUT2D eigenvalue weighted by molar-refractivity contribution is 5.89. The van der Waals surface area contributed by atoms with Gasteiger partial charge in [-0.1, -0.05) is 18.2 Å². The number of nitrogens with one attached hydrogen (secondary N) is 2. The van der Waals surface area contributed by atoms with Gasteiger partial charge in [-0.3, -0.25) is 4.79 Å². The Morgan fingerprint density at radius 3 is 2.57 bits per heavy atom. The number of carbonyl (C=O) groups is 1. The highest BCUT2D eigenvalue weighted by Gasteiger charge is 2.18. The number of rotatable bonds is 6. The molecule has 3 aromatic rings. The topological polar surface area (TPSA) is 104 Å². The van der Waals surface area contributed by atoms with Gasteiger partial charge in [0.1, 0.15) is 13.2 Å². The van der Waals surface area contributed by atoms with Crippen LogP contribution >= 0.6 is 0 Å². The minimum Gasteiger partial charge on any atom is -0.486 e. The number of benzene rings is 2. The maximum atomic E-state index is 12.8. The summed E-state index contributed by atoms with van der Waals surface area (Å²) >= 11 is 0. The van der Waals surface area contributed by atoms with Crippen molar-refractivity contribution in [3.63, 3.8) is 0 Å². The van der Waals surface area contributed by atoms with E-state index in [4.69, 9.17) is 9.47 Å². The van der Waals surface area contributed by atoms with Crippen molar-refractivity contribution in [1.82, 2.24) is 9.88 Å². The molecule has 1 aliphatic rings. The average Bonchev–Trinajstić information content (AvgIpc) is 2.76. The van der Waals surface area contributed by atoms with Crippen LogP contribution in [0.25, 0.3) is 10.9 Å². The van der Waals surface area contributed by atoms with Crippen LogP contribution in [0, 0.1) is 0 Å². The maximum Gasteiger partial charge on any atom is 0.322 e. The van der Waals surface area contributed by atoms with Gasteiger partial charge < -0.3 is 29.8 Å². The second kappa shape index (κ2) is 8.87. The Kier molecular flexibility index (Phi) is 5.85. The van der Waals surface area contributed by atoms with E-state index in [-0.39, 0.29) is 24.7 Å². The number of hydrogen-bond donors (Lipinski definition) is 3. The molecule has 0 fully saturated rings. The number of fused-ring (bicyclic) bond motifs is 2. The Bertz CT molecular complexity index is 1100. The van der Waals surface area contributed by atoms with Crippen molar-refractivity contribution in [3.05, 3.63) is 64.4 Å². The number of aromatic nitrogens is 1. The van der Waals surface area contributed by atoms with E-state index in [9.17, 15) is 14.7 Å². The number of urea groups is 1. The molecule has 0 saturated heterocycles. The summed E-state index contributed by atoms with van der Waals surface area (Å²) in [5.74, 6) is 1.23. The molecule has 0 aliphatic carbocycles. The standard InChI is InChI=1S/C22H23N3O5/c26-8-4-7-25(22(28)23-17-5-2-1-3-6-17)14-16-11-15-12-19-20(30-10-9-29-19)13-18(15)24-21(16)27/h1-3,5-6,11-13,26H,4,7-10,14H2,(H,23,28)(H,24,27). The number of anilines is 1. The molecule has 0 bridgehead atoms. The number of aliphatic hydroxyl groups is 1. The Balaban J connectivity index is 1.60. The fraction of sp³-hybridized carbons (Fsp3) is 0.273. The van der Waals surface area contributed by atoms with Crippen LogP contribution in [0.2, 0.25) is 0 Å². The minimum atomic E-state index is -0.337. The molecular weight excluding hydrogens is 386 g/mol. The zero-order valence-electron chi connectivity index (χ0n) is 16.4. The number of H-pyrrole nitrogens is 1. The summed E-state index contributed by atoms with van der Waals surface area (Å²) in [7, 11) is 0. The largest absolute Gasteiger partial charge is 0.486 e. The molecule has 8 nitrogen and oxygen atoms in total. The highest BCUT2D eigenvalue weighted by Crippen LogP contribution is 2.33. The summed E-state index contributed by atoms with van der Waals surface area (Å²) in [6.07, 6.45) is 0.409. The first-order valence-electron chi connectivity index (χ1n) is 9.81. The number of hydrogen-bond acceptors (Lipinski definition) is 5. The lowest BCUT2D eigenvalue weighted by molar-refractivity contribution is 0.172. The number of amides is 2. The van der Waals surface area contributed by atoms with E-state index >= 15 is 0 Å². The maximum absolute atomic E-state index is 12.8. The van der Waals surface area contributed by atoms with Crippen molar-refractivity contribution in [3.8, 4) is 11.5 Å². The number of carbonyl (C=O) groups excluding carboxylic acids is 1. The lowest BCUT2D eigenvalue weighted by Crippen LogP contribution is -2.37. The summed E-state index contributed by atoms with van der Waals surface area (Å²) in [6, 6.07) is 14.1. The Morgan fingerprint density at radius 2 is 1.83 bits per heavy atom. The number of ether oxygens (including phenoxy) is 2. The van der Waals surface area contributed by atoms with Crippen LogP contribution in [-0.4, -0.2) is 47.4 Å². The van der Waals surface area contributed by atoms with Gasteiger partial charge in [-0.2, -0.15) is 0 Å². The van der Waals surface area contributed by atoms with Gasteiger partial charge in [-0.05, 0) is 30.7 Å². The first-order valence-corrected chi connectivity index (χ1v) is 9.81. The molecule has 156 valence electrons. The third kappa shape index (κ3) is 4.38. The zero-order chi connectivity index (χ0) is 20.9. The number of nitrogens with zero attached hydrogens (tertiary/aromatic N) is 1. The number of aliphatic hydroxyl groups excluding tert-OH is 1. The molecule has 3 N–H and O–H groups in total. The molecule has 0 saturated carbocycles. The second-order valence-corrected chi connectivity index (χ2v) is 7.00. The van der Waals surface area contributed by atoms with Crippen molar-refractivity contribution in [2.45, 2.75) is 13.0 Å². The van der Waals surface area contributed by atoms with E-state index in [0.717, 1.165) is 5.39 Å². The molecule has 2 amide bonds. The van der Waals surface area contributed by atoms with Crippen molar-refractivity contribution < 1.29 is 19.4 Å². The molecule has 0 unspecified atom stereocenters. The Labute approximate surface area is 173 Å². The predicted octanol–water partition coefficient (Wildman–Crippen LogP) is 2.72.